The molecular formula is C22H23ClFN5O3S. The van der Waals surface area contributed by atoms with E-state index in [1.807, 2.05) is 0 Å². The Labute approximate surface area is 196 Å². The first-order valence-electron chi connectivity index (χ1n) is 10.4. The topological polar surface area (TPSA) is 97.2 Å². The first-order valence-corrected chi connectivity index (χ1v) is 12.2. The number of amides is 1. The van der Waals surface area contributed by atoms with E-state index in [-0.39, 0.29) is 29.0 Å². The van der Waals surface area contributed by atoms with Crippen molar-refractivity contribution in [3.8, 4) is 0 Å². The van der Waals surface area contributed by atoms with Gasteiger partial charge in [-0.05, 0) is 42.7 Å². The van der Waals surface area contributed by atoms with Crippen molar-refractivity contribution in [2.75, 3.05) is 13.1 Å². The van der Waals surface area contributed by atoms with Gasteiger partial charge in [0.1, 0.15) is 27.7 Å². The Kier molecular flexibility index (Phi) is 6.78. The second-order valence-corrected chi connectivity index (χ2v) is 10.1. The number of pyridine rings is 1. The van der Waals surface area contributed by atoms with Crippen LogP contribution in [0, 0.1) is 11.7 Å². The lowest BCUT2D eigenvalue weighted by Crippen LogP contribution is -2.44. The first kappa shape index (κ1) is 23.3. The monoisotopic (exact) mass is 491 g/mol. The molecule has 4 rings (SSSR count). The SMILES string of the molecule is Cn1ccnc1C(NC(=O)C1CCN(S(=O)(=O)c2cccnc2Cl)CC1)c1cccc(F)c1. The number of nitrogens with zero attached hydrogens (tertiary/aromatic N) is 4. The molecule has 33 heavy (non-hydrogen) atoms. The fourth-order valence-corrected chi connectivity index (χ4v) is 5.86. The Hall–Kier alpha value is -2.82. The van der Waals surface area contributed by atoms with E-state index >= 15 is 0 Å². The van der Waals surface area contributed by atoms with Crippen LogP contribution in [0.5, 0.6) is 0 Å². The van der Waals surface area contributed by atoms with Gasteiger partial charge in [-0.15, -0.1) is 0 Å². The minimum absolute atomic E-state index is 0.0458. The standard InChI is InChI=1S/C22H23ClFN5O3S/c1-28-13-10-26-21(28)19(16-4-2-5-17(24)14-16)27-22(30)15-7-11-29(12-8-15)33(31,32)18-6-3-9-25-20(18)23/h2-6,9-10,13-15,19H,7-8,11-12H2,1H3,(H,27,30). The molecule has 1 unspecified atom stereocenters. The summed E-state index contributed by atoms with van der Waals surface area (Å²) in [7, 11) is -2.00. The van der Waals surface area contributed by atoms with Crippen LogP contribution in [0.2, 0.25) is 5.15 Å². The molecule has 1 amide bonds. The third kappa shape index (κ3) is 4.92. The summed E-state index contributed by atoms with van der Waals surface area (Å²) in [6.07, 6.45) is 5.48. The number of nitrogens with one attached hydrogen (secondary N) is 1. The zero-order valence-electron chi connectivity index (χ0n) is 17.9. The van der Waals surface area contributed by atoms with Crippen LogP contribution in [0.25, 0.3) is 0 Å². The minimum Gasteiger partial charge on any atom is -0.342 e. The fourth-order valence-electron chi connectivity index (χ4n) is 3.96. The van der Waals surface area contributed by atoms with E-state index in [0.717, 1.165) is 0 Å². The number of imidazole rings is 1. The van der Waals surface area contributed by atoms with Crippen molar-refractivity contribution in [3.05, 3.63) is 77.3 Å². The molecule has 0 bridgehead atoms. The summed E-state index contributed by atoms with van der Waals surface area (Å²) in [6.45, 7) is 0.358. The molecule has 0 saturated carbocycles. The molecule has 1 N–H and O–H groups in total. The van der Waals surface area contributed by atoms with Gasteiger partial charge in [-0.3, -0.25) is 4.79 Å². The van der Waals surface area contributed by atoms with Crippen LogP contribution in [0.4, 0.5) is 4.39 Å². The van der Waals surface area contributed by atoms with Crippen LogP contribution < -0.4 is 5.32 Å². The predicted molar refractivity (Wildman–Crippen MR) is 120 cm³/mol. The van der Waals surface area contributed by atoms with E-state index in [4.69, 9.17) is 11.6 Å². The summed E-state index contributed by atoms with van der Waals surface area (Å²) in [4.78, 5) is 21.2. The van der Waals surface area contributed by atoms with Crippen LogP contribution in [-0.4, -0.2) is 46.3 Å². The van der Waals surface area contributed by atoms with E-state index in [2.05, 4.69) is 15.3 Å². The molecule has 1 atom stereocenters. The summed E-state index contributed by atoms with van der Waals surface area (Å²) in [5.74, 6) is -0.463. The normalized spacial score (nSPS) is 16.5. The van der Waals surface area contributed by atoms with Gasteiger partial charge in [-0.25, -0.2) is 22.8 Å². The second kappa shape index (κ2) is 9.58. The molecule has 0 aliphatic carbocycles. The van der Waals surface area contributed by atoms with Gasteiger partial charge in [-0.2, -0.15) is 4.31 Å². The number of halogens is 2. The fraction of sp³-hybridized carbons (Fsp3) is 0.318. The van der Waals surface area contributed by atoms with Crippen molar-refractivity contribution in [1.29, 1.82) is 0 Å². The average Bonchev–Trinajstić information content (AvgIpc) is 3.23. The number of carbonyl (C=O) groups excluding carboxylic acids is 1. The van der Waals surface area contributed by atoms with Crippen molar-refractivity contribution in [3.63, 3.8) is 0 Å². The molecule has 1 aromatic carbocycles. The largest absolute Gasteiger partial charge is 0.342 e. The summed E-state index contributed by atoms with van der Waals surface area (Å²) in [6, 6.07) is 8.32. The van der Waals surface area contributed by atoms with Crippen LogP contribution in [-0.2, 0) is 21.9 Å². The van der Waals surface area contributed by atoms with Gasteiger partial charge in [0.25, 0.3) is 0 Å². The lowest BCUT2D eigenvalue weighted by Gasteiger charge is -2.31. The molecule has 0 spiro atoms. The van der Waals surface area contributed by atoms with Crippen molar-refractivity contribution >= 4 is 27.5 Å². The van der Waals surface area contributed by atoms with Gasteiger partial charge in [0.05, 0.1) is 0 Å². The van der Waals surface area contributed by atoms with Gasteiger partial charge in [0.2, 0.25) is 15.9 Å². The Morgan fingerprint density at radius 2 is 1.94 bits per heavy atom. The Bertz CT molecular complexity index is 1260. The van der Waals surface area contributed by atoms with Gasteiger partial charge < -0.3 is 9.88 Å². The number of benzene rings is 1. The number of sulfonamides is 1. The zero-order chi connectivity index (χ0) is 23.6. The molecule has 1 aliphatic heterocycles. The maximum Gasteiger partial charge on any atom is 0.246 e. The predicted octanol–water partition coefficient (Wildman–Crippen LogP) is 2.91. The van der Waals surface area contributed by atoms with Gasteiger partial charge >= 0.3 is 0 Å². The molecular weight excluding hydrogens is 469 g/mol. The second-order valence-electron chi connectivity index (χ2n) is 7.86. The van der Waals surface area contributed by atoms with E-state index in [1.54, 1.807) is 36.1 Å². The van der Waals surface area contributed by atoms with Crippen molar-refractivity contribution in [2.45, 2.75) is 23.8 Å². The molecule has 1 aliphatic rings. The summed E-state index contributed by atoms with van der Waals surface area (Å²) in [5.41, 5.74) is 0.573. The van der Waals surface area contributed by atoms with E-state index < -0.39 is 27.8 Å². The molecule has 1 saturated heterocycles. The number of piperidine rings is 1. The highest BCUT2D eigenvalue weighted by molar-refractivity contribution is 7.89. The maximum atomic E-state index is 13.9. The molecule has 2 aromatic heterocycles. The quantitative estimate of drug-likeness (QED) is 0.535. The van der Waals surface area contributed by atoms with Gasteiger partial charge in [0.15, 0.2) is 0 Å². The van der Waals surface area contributed by atoms with Crippen LogP contribution >= 0.6 is 11.6 Å². The molecule has 8 nitrogen and oxygen atoms in total. The molecule has 3 aromatic rings. The molecule has 3 heterocycles. The van der Waals surface area contributed by atoms with Crippen molar-refractivity contribution in [1.82, 2.24) is 24.2 Å². The highest BCUT2D eigenvalue weighted by Gasteiger charge is 2.34. The highest BCUT2D eigenvalue weighted by Crippen LogP contribution is 2.28. The number of carbonyl (C=O) groups is 1. The van der Waals surface area contributed by atoms with E-state index in [1.165, 1.54) is 34.8 Å². The average molecular weight is 492 g/mol. The summed E-state index contributed by atoms with van der Waals surface area (Å²) >= 11 is 5.98. The Balaban J connectivity index is 1.48. The minimum atomic E-state index is -3.80. The lowest BCUT2D eigenvalue weighted by atomic mass is 9.96. The molecule has 11 heteroatoms. The molecule has 0 radical (unpaired) electrons. The van der Waals surface area contributed by atoms with E-state index in [0.29, 0.717) is 24.2 Å². The third-order valence-corrected chi connectivity index (χ3v) is 8.10. The van der Waals surface area contributed by atoms with Gasteiger partial charge in [-0.1, -0.05) is 23.7 Å². The first-order chi connectivity index (χ1) is 15.8. The maximum absolute atomic E-state index is 13.9. The number of aromatic nitrogens is 3. The highest BCUT2D eigenvalue weighted by atomic mass is 35.5. The lowest BCUT2D eigenvalue weighted by molar-refractivity contribution is -0.126. The number of aryl methyl sites for hydroxylation is 1. The third-order valence-electron chi connectivity index (χ3n) is 5.75. The number of hydrogen-bond acceptors (Lipinski definition) is 5. The van der Waals surface area contributed by atoms with Crippen molar-refractivity contribution in [2.24, 2.45) is 13.0 Å². The van der Waals surface area contributed by atoms with Crippen LogP contribution in [0.15, 0.2) is 59.9 Å². The Morgan fingerprint density at radius 3 is 2.58 bits per heavy atom. The molecule has 174 valence electrons. The summed E-state index contributed by atoms with van der Waals surface area (Å²) in [5, 5.41) is 2.90. The Morgan fingerprint density at radius 1 is 1.18 bits per heavy atom. The zero-order valence-corrected chi connectivity index (χ0v) is 19.4. The van der Waals surface area contributed by atoms with Crippen molar-refractivity contribution < 1.29 is 17.6 Å². The van der Waals surface area contributed by atoms with Crippen LogP contribution in [0.1, 0.15) is 30.3 Å². The van der Waals surface area contributed by atoms with Gasteiger partial charge in [0, 0.05) is 44.6 Å². The number of rotatable bonds is 6. The van der Waals surface area contributed by atoms with E-state index in [9.17, 15) is 17.6 Å². The molecule has 1 fully saturated rings. The summed E-state index contributed by atoms with van der Waals surface area (Å²) < 4.78 is 42.8. The number of hydrogen-bond donors (Lipinski definition) is 1. The van der Waals surface area contributed by atoms with Crippen LogP contribution in [0.3, 0.4) is 0 Å². The smallest absolute Gasteiger partial charge is 0.246 e.